The van der Waals surface area contributed by atoms with Crippen LogP contribution in [0.5, 0.6) is 11.5 Å². The van der Waals surface area contributed by atoms with Gasteiger partial charge in [-0.15, -0.1) is 0 Å². The van der Waals surface area contributed by atoms with E-state index in [-0.39, 0.29) is 11.9 Å². The third kappa shape index (κ3) is 5.09. The van der Waals surface area contributed by atoms with Crippen LogP contribution in [0.1, 0.15) is 48.2 Å². The molecule has 2 aromatic rings. The summed E-state index contributed by atoms with van der Waals surface area (Å²) >= 11 is 0. The average molecular weight is 370 g/mol. The molecule has 1 aliphatic rings. The van der Waals surface area contributed by atoms with Gasteiger partial charge in [0, 0.05) is 12.6 Å². The first kappa shape index (κ1) is 18.9. The quantitative estimate of drug-likeness (QED) is 0.779. The van der Waals surface area contributed by atoms with Crippen LogP contribution in [-0.2, 0) is 6.54 Å². The minimum atomic E-state index is -0.152. The van der Waals surface area contributed by atoms with E-state index in [2.05, 4.69) is 20.6 Å². The molecular formula is C20H26N4O3. The molecule has 0 spiro atoms. The molecule has 1 aliphatic carbocycles. The summed E-state index contributed by atoms with van der Waals surface area (Å²) in [6.45, 7) is 0.558. The van der Waals surface area contributed by atoms with Gasteiger partial charge < -0.3 is 20.1 Å². The predicted molar refractivity (Wildman–Crippen MR) is 103 cm³/mol. The van der Waals surface area contributed by atoms with Gasteiger partial charge in [0.15, 0.2) is 11.5 Å². The lowest BCUT2D eigenvalue weighted by Gasteiger charge is -2.22. The van der Waals surface area contributed by atoms with E-state index in [4.69, 9.17) is 9.47 Å². The number of ether oxygens (including phenoxy) is 2. The predicted octanol–water partition coefficient (Wildman–Crippen LogP) is 3.17. The fourth-order valence-corrected chi connectivity index (χ4v) is 3.23. The van der Waals surface area contributed by atoms with Crippen LogP contribution < -0.4 is 20.1 Å². The summed E-state index contributed by atoms with van der Waals surface area (Å²) in [4.78, 5) is 20.8. The Morgan fingerprint density at radius 1 is 1.07 bits per heavy atom. The normalized spacial score (nSPS) is 14.4. The number of benzene rings is 1. The van der Waals surface area contributed by atoms with Crippen molar-refractivity contribution in [2.24, 2.45) is 0 Å². The maximum Gasteiger partial charge on any atom is 0.271 e. The van der Waals surface area contributed by atoms with E-state index in [1.54, 1.807) is 20.4 Å². The van der Waals surface area contributed by atoms with Crippen molar-refractivity contribution < 1.29 is 14.3 Å². The Labute approximate surface area is 159 Å². The molecule has 0 bridgehead atoms. The first-order chi connectivity index (χ1) is 13.2. The molecule has 1 amide bonds. The lowest BCUT2D eigenvalue weighted by molar-refractivity contribution is 0.0922. The Morgan fingerprint density at radius 2 is 1.85 bits per heavy atom. The van der Waals surface area contributed by atoms with Crippen molar-refractivity contribution in [1.82, 2.24) is 15.3 Å². The summed E-state index contributed by atoms with van der Waals surface area (Å²) < 4.78 is 10.5. The van der Waals surface area contributed by atoms with Crippen LogP contribution in [0.25, 0.3) is 0 Å². The van der Waals surface area contributed by atoms with Gasteiger partial charge in [-0.05, 0) is 30.5 Å². The molecule has 0 unspecified atom stereocenters. The Bertz CT molecular complexity index is 758. The van der Waals surface area contributed by atoms with Crippen molar-refractivity contribution in [3.63, 3.8) is 0 Å². The zero-order valence-electron chi connectivity index (χ0n) is 15.8. The fraction of sp³-hybridized carbons (Fsp3) is 0.450. The minimum absolute atomic E-state index is 0.152. The Hall–Kier alpha value is -2.83. The van der Waals surface area contributed by atoms with Gasteiger partial charge in [0.25, 0.3) is 5.91 Å². The fourth-order valence-electron chi connectivity index (χ4n) is 3.23. The number of hydrogen-bond donors (Lipinski definition) is 2. The van der Waals surface area contributed by atoms with Crippen LogP contribution in [0.2, 0.25) is 0 Å². The second-order valence-corrected chi connectivity index (χ2v) is 6.64. The molecule has 144 valence electrons. The van der Waals surface area contributed by atoms with E-state index in [1.807, 2.05) is 18.2 Å². The van der Waals surface area contributed by atoms with Crippen LogP contribution in [0.15, 0.2) is 30.6 Å². The molecule has 1 fully saturated rings. The molecule has 1 aromatic heterocycles. The standard InChI is InChI=1S/C20H26N4O3/c1-26-17-9-8-14(10-18(17)27-2)11-22-19-13-21-16(12-23-19)20(25)24-15-6-4-3-5-7-15/h8-10,12-13,15H,3-7,11H2,1-2H3,(H,22,23)(H,24,25). The number of nitrogens with zero attached hydrogens (tertiary/aromatic N) is 2. The first-order valence-electron chi connectivity index (χ1n) is 9.27. The van der Waals surface area contributed by atoms with Gasteiger partial charge in [-0.1, -0.05) is 25.3 Å². The molecule has 1 aromatic carbocycles. The number of amides is 1. The summed E-state index contributed by atoms with van der Waals surface area (Å²) in [7, 11) is 3.22. The third-order valence-corrected chi connectivity index (χ3v) is 4.75. The molecule has 7 heteroatoms. The maximum atomic E-state index is 12.3. The molecule has 0 atom stereocenters. The number of carbonyl (C=O) groups excluding carboxylic acids is 1. The average Bonchev–Trinajstić information content (AvgIpc) is 2.73. The first-order valence-corrected chi connectivity index (χ1v) is 9.27. The van der Waals surface area contributed by atoms with Gasteiger partial charge in [-0.2, -0.15) is 0 Å². The second kappa shape index (κ2) is 9.21. The summed E-state index contributed by atoms with van der Waals surface area (Å²) in [5.41, 5.74) is 1.37. The van der Waals surface area contributed by atoms with Crippen LogP contribution >= 0.6 is 0 Å². The summed E-state index contributed by atoms with van der Waals surface area (Å²) in [5.74, 6) is 1.83. The molecule has 0 aliphatic heterocycles. The lowest BCUT2D eigenvalue weighted by atomic mass is 9.95. The maximum absolute atomic E-state index is 12.3. The molecular weight excluding hydrogens is 344 g/mol. The molecule has 3 rings (SSSR count). The van der Waals surface area contributed by atoms with Gasteiger partial charge in [0.2, 0.25) is 0 Å². The molecule has 2 N–H and O–H groups in total. The van der Waals surface area contributed by atoms with Crippen molar-refractivity contribution in [1.29, 1.82) is 0 Å². The topological polar surface area (TPSA) is 85.4 Å². The number of anilines is 1. The zero-order chi connectivity index (χ0) is 19.1. The summed E-state index contributed by atoms with van der Waals surface area (Å²) in [6.07, 6.45) is 8.79. The number of carbonyl (C=O) groups is 1. The van der Waals surface area contributed by atoms with Crippen molar-refractivity contribution in [3.8, 4) is 11.5 Å². The van der Waals surface area contributed by atoms with E-state index in [1.165, 1.54) is 25.5 Å². The number of rotatable bonds is 7. The van der Waals surface area contributed by atoms with E-state index < -0.39 is 0 Å². The van der Waals surface area contributed by atoms with E-state index in [9.17, 15) is 4.79 Å². The lowest BCUT2D eigenvalue weighted by Crippen LogP contribution is -2.36. The Morgan fingerprint density at radius 3 is 2.52 bits per heavy atom. The molecule has 0 radical (unpaired) electrons. The highest BCUT2D eigenvalue weighted by molar-refractivity contribution is 5.92. The molecule has 1 saturated carbocycles. The molecule has 27 heavy (non-hydrogen) atoms. The SMILES string of the molecule is COc1ccc(CNc2cnc(C(=O)NC3CCCCC3)cn2)cc1OC. The van der Waals surface area contributed by atoms with Crippen molar-refractivity contribution >= 4 is 11.7 Å². The van der Waals surface area contributed by atoms with Gasteiger partial charge >= 0.3 is 0 Å². The van der Waals surface area contributed by atoms with Gasteiger partial charge in [0.05, 0.1) is 26.6 Å². The largest absolute Gasteiger partial charge is 0.493 e. The number of hydrogen-bond acceptors (Lipinski definition) is 6. The number of nitrogens with one attached hydrogen (secondary N) is 2. The highest BCUT2D eigenvalue weighted by Crippen LogP contribution is 2.27. The molecule has 0 saturated heterocycles. The second-order valence-electron chi connectivity index (χ2n) is 6.64. The van der Waals surface area contributed by atoms with Crippen LogP contribution in [0.4, 0.5) is 5.82 Å². The van der Waals surface area contributed by atoms with Gasteiger partial charge in [-0.25, -0.2) is 9.97 Å². The summed E-state index contributed by atoms with van der Waals surface area (Å²) in [6, 6.07) is 5.98. The molecule has 7 nitrogen and oxygen atoms in total. The van der Waals surface area contributed by atoms with E-state index in [0.717, 1.165) is 18.4 Å². The minimum Gasteiger partial charge on any atom is -0.493 e. The van der Waals surface area contributed by atoms with Crippen LogP contribution in [-0.4, -0.2) is 36.1 Å². The van der Waals surface area contributed by atoms with E-state index >= 15 is 0 Å². The van der Waals surface area contributed by atoms with Crippen LogP contribution in [0.3, 0.4) is 0 Å². The summed E-state index contributed by atoms with van der Waals surface area (Å²) in [5, 5.41) is 6.24. The van der Waals surface area contributed by atoms with Crippen LogP contribution in [0, 0.1) is 0 Å². The van der Waals surface area contributed by atoms with Gasteiger partial charge in [-0.3, -0.25) is 4.79 Å². The molecule has 1 heterocycles. The smallest absolute Gasteiger partial charge is 0.271 e. The highest BCUT2D eigenvalue weighted by atomic mass is 16.5. The van der Waals surface area contributed by atoms with E-state index in [0.29, 0.717) is 29.6 Å². The van der Waals surface area contributed by atoms with Crippen molar-refractivity contribution in [3.05, 3.63) is 41.9 Å². The number of methoxy groups -OCH3 is 2. The van der Waals surface area contributed by atoms with Gasteiger partial charge in [0.1, 0.15) is 11.5 Å². The monoisotopic (exact) mass is 370 g/mol. The zero-order valence-corrected chi connectivity index (χ0v) is 15.8. The number of aromatic nitrogens is 2. The Balaban J connectivity index is 1.55. The van der Waals surface area contributed by atoms with Crippen molar-refractivity contribution in [2.75, 3.05) is 19.5 Å². The highest BCUT2D eigenvalue weighted by Gasteiger charge is 2.17. The third-order valence-electron chi connectivity index (χ3n) is 4.75. The van der Waals surface area contributed by atoms with Crippen molar-refractivity contribution in [2.45, 2.75) is 44.7 Å². The Kier molecular flexibility index (Phi) is 6.46.